The van der Waals surface area contributed by atoms with Crippen LogP contribution in [0.2, 0.25) is 0 Å². The maximum Gasteiger partial charge on any atom is 0.0642 e. The number of rotatable bonds is 2. The minimum absolute atomic E-state index is 0. The Balaban J connectivity index is 0.000000490. The molecule has 1 fully saturated rings. The second-order valence-corrected chi connectivity index (χ2v) is 2.30. The van der Waals surface area contributed by atoms with E-state index >= 15 is 0 Å². The van der Waals surface area contributed by atoms with Gasteiger partial charge in [0.15, 0.2) is 0 Å². The van der Waals surface area contributed by atoms with Crippen molar-refractivity contribution in [2.24, 2.45) is 5.73 Å². The lowest BCUT2D eigenvalue weighted by Crippen LogP contribution is -2.27. The van der Waals surface area contributed by atoms with Crippen molar-refractivity contribution in [2.75, 3.05) is 13.7 Å². The van der Waals surface area contributed by atoms with Crippen LogP contribution in [0.25, 0.3) is 0 Å². The Labute approximate surface area is 55.8 Å². The molecule has 0 aromatic heterocycles. The molecule has 1 rings (SSSR count). The average molecular weight is 138 g/mol. The van der Waals surface area contributed by atoms with E-state index in [0.29, 0.717) is 0 Å². The lowest BCUT2D eigenvalue weighted by molar-refractivity contribution is 0.173. The highest BCUT2D eigenvalue weighted by molar-refractivity contribution is 5.85. The van der Waals surface area contributed by atoms with Crippen LogP contribution in [0, 0.1) is 0 Å². The van der Waals surface area contributed by atoms with E-state index in [2.05, 4.69) is 0 Å². The molecule has 0 heterocycles. The quantitative estimate of drug-likeness (QED) is 0.603. The van der Waals surface area contributed by atoms with Gasteiger partial charge < -0.3 is 10.5 Å². The molecule has 0 aliphatic heterocycles. The minimum Gasteiger partial charge on any atom is -0.383 e. The number of ether oxygens (including phenoxy) is 1. The van der Waals surface area contributed by atoms with Crippen LogP contribution >= 0.6 is 12.4 Å². The molecule has 0 bridgehead atoms. The van der Waals surface area contributed by atoms with Gasteiger partial charge in [-0.05, 0) is 12.8 Å². The zero-order valence-electron chi connectivity index (χ0n) is 5.02. The average Bonchev–Trinajstić information content (AvgIpc) is 2.22. The highest BCUT2D eigenvalue weighted by atomic mass is 35.5. The van der Waals surface area contributed by atoms with E-state index < -0.39 is 0 Å². The Morgan fingerprint density at radius 2 is 2.12 bits per heavy atom. The normalized spacial score (nSPS) is 21.8. The van der Waals surface area contributed by atoms with Crippen molar-refractivity contribution in [3.63, 3.8) is 0 Å². The molecule has 0 radical (unpaired) electrons. The first-order valence-electron chi connectivity index (χ1n) is 2.55. The van der Waals surface area contributed by atoms with Crippen molar-refractivity contribution >= 4 is 12.4 Å². The van der Waals surface area contributed by atoms with Gasteiger partial charge in [-0.1, -0.05) is 0 Å². The van der Waals surface area contributed by atoms with E-state index in [0.717, 1.165) is 19.4 Å². The third kappa shape index (κ3) is 1.99. The van der Waals surface area contributed by atoms with Crippen molar-refractivity contribution < 1.29 is 4.74 Å². The maximum absolute atomic E-state index is 5.63. The summed E-state index contributed by atoms with van der Waals surface area (Å²) < 4.78 is 4.84. The maximum atomic E-state index is 5.63. The molecular formula is C5H12ClNO. The number of methoxy groups -OCH3 is 1. The van der Waals surface area contributed by atoms with Crippen LogP contribution in [0.5, 0.6) is 0 Å². The molecule has 1 aliphatic carbocycles. The van der Waals surface area contributed by atoms with Crippen molar-refractivity contribution in [2.45, 2.75) is 18.4 Å². The molecular weight excluding hydrogens is 126 g/mol. The third-order valence-electron chi connectivity index (χ3n) is 1.32. The van der Waals surface area contributed by atoms with E-state index in [1.165, 1.54) is 0 Å². The Morgan fingerprint density at radius 3 is 2.25 bits per heavy atom. The third-order valence-corrected chi connectivity index (χ3v) is 1.32. The van der Waals surface area contributed by atoms with Gasteiger partial charge >= 0.3 is 0 Å². The molecule has 0 aromatic carbocycles. The van der Waals surface area contributed by atoms with Crippen LogP contribution in [0.1, 0.15) is 12.8 Å². The summed E-state index contributed by atoms with van der Waals surface area (Å²) in [6.07, 6.45) is 2.28. The minimum atomic E-state index is 0. The van der Waals surface area contributed by atoms with Gasteiger partial charge in [0, 0.05) is 12.6 Å². The summed E-state index contributed by atoms with van der Waals surface area (Å²) in [6, 6.07) is 0. The standard InChI is InChI=1S/C5H11NO.ClH/c1-7-4-5(6)2-3-5;/h2-4,6H2,1H3;1H. The first kappa shape index (κ1) is 8.21. The zero-order chi connectivity index (χ0) is 5.33. The molecule has 1 aliphatic rings. The molecule has 3 heteroatoms. The van der Waals surface area contributed by atoms with Crippen molar-refractivity contribution in [3.8, 4) is 0 Å². The first-order chi connectivity index (χ1) is 3.27. The fraction of sp³-hybridized carbons (Fsp3) is 1.00. The number of hydrogen-bond acceptors (Lipinski definition) is 2. The van der Waals surface area contributed by atoms with E-state index in [9.17, 15) is 0 Å². The monoisotopic (exact) mass is 137 g/mol. The first-order valence-corrected chi connectivity index (χ1v) is 2.55. The molecule has 2 nitrogen and oxygen atoms in total. The summed E-state index contributed by atoms with van der Waals surface area (Å²) in [5.74, 6) is 0. The summed E-state index contributed by atoms with van der Waals surface area (Å²) in [5.41, 5.74) is 5.71. The van der Waals surface area contributed by atoms with Crippen LogP contribution < -0.4 is 5.73 Å². The Bertz CT molecular complexity index is 72.8. The second kappa shape index (κ2) is 2.67. The summed E-state index contributed by atoms with van der Waals surface area (Å²) in [4.78, 5) is 0. The molecule has 1 saturated carbocycles. The predicted octanol–water partition coefficient (Wildman–Crippen LogP) is 0.546. The molecule has 0 saturated heterocycles. The molecule has 0 amide bonds. The van der Waals surface area contributed by atoms with E-state index in [4.69, 9.17) is 10.5 Å². The molecule has 50 valence electrons. The highest BCUT2D eigenvalue weighted by Gasteiger charge is 2.37. The van der Waals surface area contributed by atoms with Crippen molar-refractivity contribution in [1.82, 2.24) is 0 Å². The van der Waals surface area contributed by atoms with Crippen LogP contribution in [-0.2, 0) is 4.74 Å². The molecule has 2 N–H and O–H groups in total. The molecule has 8 heavy (non-hydrogen) atoms. The Kier molecular flexibility index (Phi) is 2.74. The van der Waals surface area contributed by atoms with Gasteiger partial charge in [0.2, 0.25) is 0 Å². The lowest BCUT2D eigenvalue weighted by Gasteiger charge is -2.03. The summed E-state index contributed by atoms with van der Waals surface area (Å²) in [5, 5.41) is 0. The van der Waals surface area contributed by atoms with Crippen molar-refractivity contribution in [1.29, 1.82) is 0 Å². The predicted molar refractivity (Wildman–Crippen MR) is 35.3 cm³/mol. The van der Waals surface area contributed by atoms with E-state index in [1.807, 2.05) is 0 Å². The fourth-order valence-electron chi connectivity index (χ4n) is 0.592. The molecule has 0 atom stereocenters. The smallest absolute Gasteiger partial charge is 0.0642 e. The number of nitrogens with two attached hydrogens (primary N) is 1. The summed E-state index contributed by atoms with van der Waals surface area (Å²) in [6.45, 7) is 0.729. The van der Waals surface area contributed by atoms with Crippen LogP contribution in [-0.4, -0.2) is 19.3 Å². The van der Waals surface area contributed by atoms with Gasteiger partial charge in [-0.2, -0.15) is 0 Å². The van der Waals surface area contributed by atoms with Gasteiger partial charge in [-0.25, -0.2) is 0 Å². The van der Waals surface area contributed by atoms with Gasteiger partial charge in [-0.15, -0.1) is 12.4 Å². The summed E-state index contributed by atoms with van der Waals surface area (Å²) >= 11 is 0. The van der Waals surface area contributed by atoms with Gasteiger partial charge in [0.25, 0.3) is 0 Å². The number of halogens is 1. The van der Waals surface area contributed by atoms with Crippen LogP contribution in [0.15, 0.2) is 0 Å². The molecule has 0 spiro atoms. The zero-order valence-corrected chi connectivity index (χ0v) is 5.83. The van der Waals surface area contributed by atoms with Crippen LogP contribution in [0.4, 0.5) is 0 Å². The second-order valence-electron chi connectivity index (χ2n) is 2.30. The van der Waals surface area contributed by atoms with Gasteiger partial charge in [-0.3, -0.25) is 0 Å². The Hall–Kier alpha value is 0.210. The van der Waals surface area contributed by atoms with Gasteiger partial charge in [0.05, 0.1) is 6.61 Å². The fourth-order valence-corrected chi connectivity index (χ4v) is 0.592. The van der Waals surface area contributed by atoms with E-state index in [1.54, 1.807) is 7.11 Å². The summed E-state index contributed by atoms with van der Waals surface area (Å²) in [7, 11) is 1.69. The van der Waals surface area contributed by atoms with E-state index in [-0.39, 0.29) is 17.9 Å². The van der Waals surface area contributed by atoms with Crippen molar-refractivity contribution in [3.05, 3.63) is 0 Å². The Morgan fingerprint density at radius 1 is 1.62 bits per heavy atom. The number of hydrogen-bond donors (Lipinski definition) is 1. The molecule has 0 unspecified atom stereocenters. The van der Waals surface area contributed by atoms with Crippen LogP contribution in [0.3, 0.4) is 0 Å². The highest BCUT2D eigenvalue weighted by Crippen LogP contribution is 2.31. The van der Waals surface area contributed by atoms with Gasteiger partial charge in [0.1, 0.15) is 0 Å². The molecule has 0 aromatic rings. The SMILES string of the molecule is COCC1(N)CC1.Cl. The lowest BCUT2D eigenvalue weighted by atomic mass is 10.3. The topological polar surface area (TPSA) is 35.2 Å². The largest absolute Gasteiger partial charge is 0.383 e.